The first kappa shape index (κ1) is 15.0. The monoisotopic (exact) mass is 303 g/mol. The number of thiocarbonyl (C=S) groups is 1. The van der Waals surface area contributed by atoms with Crippen LogP contribution >= 0.6 is 24.0 Å². The number of carbonyl (C=O) groups is 1. The lowest BCUT2D eigenvalue weighted by Crippen LogP contribution is -2.16. The zero-order valence-electron chi connectivity index (χ0n) is 11.6. The van der Waals surface area contributed by atoms with Gasteiger partial charge in [0.05, 0.1) is 0 Å². The Labute approximate surface area is 129 Å². The lowest BCUT2D eigenvalue weighted by Gasteiger charge is -2.12. The number of carbonyl (C=O) groups excluding carboxylic acids is 1. The minimum absolute atomic E-state index is 0.177. The predicted molar refractivity (Wildman–Crippen MR) is 91.6 cm³/mol. The molecule has 0 heterocycles. The molecule has 0 spiro atoms. The zero-order chi connectivity index (χ0) is 14.5. The van der Waals surface area contributed by atoms with Crippen molar-refractivity contribution in [2.24, 2.45) is 0 Å². The van der Waals surface area contributed by atoms with E-state index in [4.69, 9.17) is 12.2 Å². The van der Waals surface area contributed by atoms with Crippen molar-refractivity contribution < 1.29 is 4.79 Å². The van der Waals surface area contributed by atoms with Crippen molar-refractivity contribution in [1.82, 2.24) is 4.90 Å². The molecule has 2 aromatic carbocycles. The molecule has 2 rings (SSSR count). The average molecular weight is 303 g/mol. The van der Waals surface area contributed by atoms with Gasteiger partial charge in [-0.1, -0.05) is 66.4 Å². The van der Waals surface area contributed by atoms with Crippen molar-refractivity contribution >= 4 is 44.9 Å². The Morgan fingerprint density at radius 2 is 1.85 bits per heavy atom. The van der Waals surface area contributed by atoms with Gasteiger partial charge in [-0.25, -0.2) is 0 Å². The van der Waals surface area contributed by atoms with Crippen LogP contribution in [0.15, 0.2) is 42.5 Å². The first-order chi connectivity index (χ1) is 9.59. The summed E-state index contributed by atoms with van der Waals surface area (Å²) in [7, 11) is 3.84. The van der Waals surface area contributed by atoms with Crippen molar-refractivity contribution in [3.05, 3.63) is 48.0 Å². The Balaban J connectivity index is 2.07. The number of Topliss-reactive ketones (excluding diaryl/α,β-unsaturated/α-hetero) is 1. The van der Waals surface area contributed by atoms with E-state index in [2.05, 4.69) is 0 Å². The van der Waals surface area contributed by atoms with Gasteiger partial charge in [-0.05, 0) is 10.8 Å². The summed E-state index contributed by atoms with van der Waals surface area (Å²) in [4.78, 5) is 14.2. The highest BCUT2D eigenvalue weighted by molar-refractivity contribution is 8.22. The third-order valence-electron chi connectivity index (χ3n) is 3.01. The van der Waals surface area contributed by atoms with Crippen molar-refractivity contribution in [3.63, 3.8) is 0 Å². The maximum Gasteiger partial charge on any atom is 0.164 e. The van der Waals surface area contributed by atoms with E-state index in [9.17, 15) is 4.79 Å². The summed E-state index contributed by atoms with van der Waals surface area (Å²) in [5, 5.41) is 2.13. The summed E-state index contributed by atoms with van der Waals surface area (Å²) in [6, 6.07) is 13.9. The fourth-order valence-corrected chi connectivity index (χ4v) is 2.93. The molecule has 0 fully saturated rings. The van der Waals surface area contributed by atoms with Crippen LogP contribution in [0, 0.1) is 0 Å². The molecule has 0 aromatic heterocycles. The molecule has 0 aliphatic heterocycles. The Bertz CT molecular complexity index is 632. The highest BCUT2D eigenvalue weighted by Crippen LogP contribution is 2.20. The Kier molecular flexibility index (Phi) is 5.15. The Morgan fingerprint density at radius 1 is 1.15 bits per heavy atom. The average Bonchev–Trinajstić information content (AvgIpc) is 2.46. The van der Waals surface area contributed by atoms with Gasteiger partial charge in [0.1, 0.15) is 4.32 Å². The molecule has 0 atom stereocenters. The lowest BCUT2D eigenvalue weighted by atomic mass is 10.0. The number of nitrogens with zero attached hydrogens (tertiary/aromatic N) is 1. The second-order valence-electron chi connectivity index (χ2n) is 4.71. The molecule has 20 heavy (non-hydrogen) atoms. The SMILES string of the molecule is CN(C)C(=S)SCCC(=O)c1cccc2ccccc12. The van der Waals surface area contributed by atoms with Crippen molar-refractivity contribution in [1.29, 1.82) is 0 Å². The molecule has 2 nitrogen and oxygen atoms in total. The second-order valence-corrected chi connectivity index (χ2v) is 6.44. The quantitative estimate of drug-likeness (QED) is 0.628. The molecular weight excluding hydrogens is 286 g/mol. The first-order valence-electron chi connectivity index (χ1n) is 6.44. The number of benzene rings is 2. The minimum atomic E-state index is 0.177. The normalized spacial score (nSPS) is 10.5. The second kappa shape index (κ2) is 6.86. The van der Waals surface area contributed by atoms with Crippen LogP contribution in [0.5, 0.6) is 0 Å². The molecule has 0 saturated carbocycles. The summed E-state index contributed by atoms with van der Waals surface area (Å²) in [5.74, 6) is 0.898. The number of rotatable bonds is 4. The topological polar surface area (TPSA) is 20.3 Å². The molecule has 0 N–H and O–H groups in total. The molecule has 0 aliphatic carbocycles. The van der Waals surface area contributed by atoms with E-state index in [1.807, 2.05) is 61.5 Å². The minimum Gasteiger partial charge on any atom is -0.364 e. The number of hydrogen-bond donors (Lipinski definition) is 0. The largest absolute Gasteiger partial charge is 0.364 e. The van der Waals surface area contributed by atoms with Crippen LogP contribution < -0.4 is 0 Å². The van der Waals surface area contributed by atoms with E-state index in [-0.39, 0.29) is 5.78 Å². The third-order valence-corrected chi connectivity index (χ3v) is 4.75. The van der Waals surface area contributed by atoms with Gasteiger partial charge < -0.3 is 4.90 Å². The van der Waals surface area contributed by atoms with Crippen LogP contribution in [0.1, 0.15) is 16.8 Å². The third kappa shape index (κ3) is 3.58. The zero-order valence-corrected chi connectivity index (χ0v) is 13.3. The van der Waals surface area contributed by atoms with Gasteiger partial charge in [0.15, 0.2) is 5.78 Å². The molecule has 0 saturated heterocycles. The summed E-state index contributed by atoms with van der Waals surface area (Å²) >= 11 is 6.75. The van der Waals surface area contributed by atoms with Crippen molar-refractivity contribution in [2.75, 3.05) is 19.8 Å². The van der Waals surface area contributed by atoms with Crippen LogP contribution in [-0.4, -0.2) is 34.9 Å². The predicted octanol–water partition coefficient (Wildman–Crippen LogP) is 3.99. The van der Waals surface area contributed by atoms with E-state index in [0.717, 1.165) is 26.4 Å². The first-order valence-corrected chi connectivity index (χ1v) is 7.84. The molecular formula is C16H17NOS2. The Hall–Kier alpha value is -1.39. The standard InChI is InChI=1S/C16H17NOS2/c1-17(2)16(19)20-11-10-15(18)14-9-5-7-12-6-3-4-8-13(12)14/h3-9H,10-11H2,1-2H3. The number of thioether (sulfide) groups is 1. The van der Waals surface area contributed by atoms with E-state index >= 15 is 0 Å². The summed E-state index contributed by atoms with van der Waals surface area (Å²) in [6.45, 7) is 0. The molecule has 4 heteroatoms. The number of ketones is 1. The van der Waals surface area contributed by atoms with Gasteiger partial charge in [0, 0.05) is 31.8 Å². The molecule has 104 valence electrons. The maximum absolute atomic E-state index is 12.3. The molecule has 0 aliphatic rings. The fraction of sp³-hybridized carbons (Fsp3) is 0.250. The summed E-state index contributed by atoms with van der Waals surface area (Å²) < 4.78 is 0.815. The molecule has 0 unspecified atom stereocenters. The van der Waals surface area contributed by atoms with E-state index in [0.29, 0.717) is 6.42 Å². The van der Waals surface area contributed by atoms with E-state index < -0.39 is 0 Å². The number of hydrogen-bond acceptors (Lipinski definition) is 3. The summed E-state index contributed by atoms with van der Waals surface area (Å²) in [6.07, 6.45) is 0.507. The molecule has 0 bridgehead atoms. The molecule has 2 aromatic rings. The molecule has 0 amide bonds. The van der Waals surface area contributed by atoms with E-state index in [1.165, 1.54) is 0 Å². The smallest absolute Gasteiger partial charge is 0.164 e. The fourth-order valence-electron chi connectivity index (χ4n) is 1.96. The highest BCUT2D eigenvalue weighted by atomic mass is 32.2. The maximum atomic E-state index is 12.3. The molecule has 0 radical (unpaired) electrons. The van der Waals surface area contributed by atoms with Gasteiger partial charge >= 0.3 is 0 Å². The van der Waals surface area contributed by atoms with Crippen LogP contribution in [0.2, 0.25) is 0 Å². The van der Waals surface area contributed by atoms with Crippen LogP contribution in [0.4, 0.5) is 0 Å². The van der Waals surface area contributed by atoms with Gasteiger partial charge in [-0.3, -0.25) is 4.79 Å². The van der Waals surface area contributed by atoms with Gasteiger partial charge in [0.25, 0.3) is 0 Å². The van der Waals surface area contributed by atoms with Crippen molar-refractivity contribution in [2.45, 2.75) is 6.42 Å². The lowest BCUT2D eigenvalue weighted by molar-refractivity contribution is 0.0991. The van der Waals surface area contributed by atoms with Gasteiger partial charge in [-0.15, -0.1) is 0 Å². The van der Waals surface area contributed by atoms with Gasteiger partial charge in [0.2, 0.25) is 0 Å². The highest BCUT2D eigenvalue weighted by Gasteiger charge is 2.10. The number of fused-ring (bicyclic) bond motifs is 1. The Morgan fingerprint density at radius 3 is 2.60 bits per heavy atom. The van der Waals surface area contributed by atoms with Crippen LogP contribution in [0.25, 0.3) is 10.8 Å². The van der Waals surface area contributed by atoms with E-state index in [1.54, 1.807) is 11.8 Å². The van der Waals surface area contributed by atoms with Crippen molar-refractivity contribution in [3.8, 4) is 0 Å². The van der Waals surface area contributed by atoms with Crippen LogP contribution in [-0.2, 0) is 0 Å². The summed E-state index contributed by atoms with van der Waals surface area (Å²) in [5.41, 5.74) is 0.805. The van der Waals surface area contributed by atoms with Crippen LogP contribution in [0.3, 0.4) is 0 Å². The van der Waals surface area contributed by atoms with Gasteiger partial charge in [-0.2, -0.15) is 0 Å².